The van der Waals surface area contributed by atoms with Crippen LogP contribution in [0.25, 0.3) is 10.8 Å². The summed E-state index contributed by atoms with van der Waals surface area (Å²) >= 11 is 12.2. The minimum atomic E-state index is -0.556. The summed E-state index contributed by atoms with van der Waals surface area (Å²) < 4.78 is 5.52. The van der Waals surface area contributed by atoms with E-state index >= 15 is 0 Å². The summed E-state index contributed by atoms with van der Waals surface area (Å²) in [6, 6.07) is 18.2. The van der Waals surface area contributed by atoms with Crippen LogP contribution in [0.5, 0.6) is 5.75 Å². The molecule has 1 heterocycles. The predicted octanol–water partition coefficient (Wildman–Crippen LogP) is 5.11. The third-order valence-electron chi connectivity index (χ3n) is 4.60. The van der Waals surface area contributed by atoms with Gasteiger partial charge in [0.25, 0.3) is 0 Å². The van der Waals surface area contributed by atoms with Crippen molar-refractivity contribution in [1.82, 2.24) is 0 Å². The zero-order chi connectivity index (χ0) is 19.0. The number of hydrogen-bond donors (Lipinski definition) is 0. The summed E-state index contributed by atoms with van der Waals surface area (Å²) in [6.07, 6.45) is 0.0786. The van der Waals surface area contributed by atoms with Crippen LogP contribution < -0.4 is 9.64 Å². The highest BCUT2D eigenvalue weighted by Crippen LogP contribution is 2.34. The average molecular weight is 400 g/mol. The van der Waals surface area contributed by atoms with Crippen molar-refractivity contribution < 1.29 is 14.3 Å². The second kappa shape index (κ2) is 7.22. The van der Waals surface area contributed by atoms with Crippen LogP contribution in [0.15, 0.2) is 60.7 Å². The standard InChI is InChI=1S/C21H15Cl2NO3/c22-16-6-8-18(23)19(11-16)24-12-15(10-20(24)25)21(26)27-17-7-5-13-3-1-2-4-14(13)9-17/h1-9,11,15H,10,12H2/t15-/m0/s1. The Labute approximate surface area is 166 Å². The fourth-order valence-electron chi connectivity index (χ4n) is 3.22. The summed E-state index contributed by atoms with van der Waals surface area (Å²) in [7, 11) is 0. The molecule has 1 amide bonds. The molecule has 3 aromatic rings. The van der Waals surface area contributed by atoms with Crippen molar-refractivity contribution in [3.8, 4) is 5.75 Å². The summed E-state index contributed by atoms with van der Waals surface area (Å²) in [5, 5.41) is 2.94. The number of ether oxygens (including phenoxy) is 1. The highest BCUT2D eigenvalue weighted by Gasteiger charge is 2.37. The largest absolute Gasteiger partial charge is 0.426 e. The smallest absolute Gasteiger partial charge is 0.316 e. The van der Waals surface area contributed by atoms with E-state index in [1.54, 1.807) is 24.3 Å². The molecule has 3 aromatic carbocycles. The lowest BCUT2D eigenvalue weighted by Crippen LogP contribution is -2.27. The van der Waals surface area contributed by atoms with Crippen molar-refractivity contribution in [2.45, 2.75) is 6.42 Å². The van der Waals surface area contributed by atoms with E-state index in [0.29, 0.717) is 21.5 Å². The van der Waals surface area contributed by atoms with Crippen LogP contribution >= 0.6 is 23.2 Å². The quantitative estimate of drug-likeness (QED) is 0.454. The molecule has 27 heavy (non-hydrogen) atoms. The first-order valence-corrected chi connectivity index (χ1v) is 9.23. The van der Waals surface area contributed by atoms with Crippen molar-refractivity contribution in [3.63, 3.8) is 0 Å². The van der Waals surface area contributed by atoms with Crippen molar-refractivity contribution >= 4 is 51.5 Å². The molecule has 0 spiro atoms. The van der Waals surface area contributed by atoms with E-state index in [2.05, 4.69) is 0 Å². The van der Waals surface area contributed by atoms with Crippen molar-refractivity contribution in [2.24, 2.45) is 5.92 Å². The van der Waals surface area contributed by atoms with Gasteiger partial charge in [-0.3, -0.25) is 9.59 Å². The van der Waals surface area contributed by atoms with Gasteiger partial charge in [0.15, 0.2) is 0 Å². The number of halogens is 2. The highest BCUT2D eigenvalue weighted by molar-refractivity contribution is 6.35. The first kappa shape index (κ1) is 17.8. The number of amides is 1. The average Bonchev–Trinajstić information content (AvgIpc) is 3.05. The second-order valence-corrected chi connectivity index (χ2v) is 7.27. The number of esters is 1. The molecule has 4 nitrogen and oxygen atoms in total. The van der Waals surface area contributed by atoms with Crippen molar-refractivity contribution in [2.75, 3.05) is 11.4 Å². The minimum absolute atomic E-state index is 0.0786. The van der Waals surface area contributed by atoms with Crippen LogP contribution in [-0.2, 0) is 9.59 Å². The molecule has 136 valence electrons. The van der Waals surface area contributed by atoms with Gasteiger partial charge in [0.05, 0.1) is 16.6 Å². The molecule has 1 saturated heterocycles. The van der Waals surface area contributed by atoms with Gasteiger partial charge in [-0.1, -0.05) is 53.5 Å². The van der Waals surface area contributed by atoms with Gasteiger partial charge in [-0.2, -0.15) is 0 Å². The van der Waals surface area contributed by atoms with Crippen LogP contribution in [0.2, 0.25) is 10.0 Å². The van der Waals surface area contributed by atoms with Crippen LogP contribution in [0.1, 0.15) is 6.42 Å². The van der Waals surface area contributed by atoms with Crippen LogP contribution in [0.4, 0.5) is 5.69 Å². The van der Waals surface area contributed by atoms with Gasteiger partial charge >= 0.3 is 5.97 Å². The highest BCUT2D eigenvalue weighted by atomic mass is 35.5. The number of carbonyl (C=O) groups is 2. The van der Waals surface area contributed by atoms with Gasteiger partial charge in [0.1, 0.15) is 5.75 Å². The Bertz CT molecular complexity index is 1050. The Morgan fingerprint density at radius 3 is 2.59 bits per heavy atom. The molecule has 6 heteroatoms. The first-order chi connectivity index (χ1) is 13.0. The zero-order valence-corrected chi connectivity index (χ0v) is 15.7. The topological polar surface area (TPSA) is 46.6 Å². The molecule has 0 aromatic heterocycles. The van der Waals surface area contributed by atoms with E-state index in [1.165, 1.54) is 4.90 Å². The van der Waals surface area contributed by atoms with Gasteiger partial charge in [-0.05, 0) is 41.1 Å². The summed E-state index contributed by atoms with van der Waals surface area (Å²) in [4.78, 5) is 26.4. The van der Waals surface area contributed by atoms with Crippen molar-refractivity contribution in [1.29, 1.82) is 0 Å². The van der Waals surface area contributed by atoms with Gasteiger partial charge in [-0.25, -0.2) is 0 Å². The molecular formula is C21H15Cl2NO3. The van der Waals surface area contributed by atoms with E-state index < -0.39 is 11.9 Å². The molecule has 0 saturated carbocycles. The maximum Gasteiger partial charge on any atom is 0.316 e. The molecule has 1 fully saturated rings. The van der Waals surface area contributed by atoms with Gasteiger partial charge in [0.2, 0.25) is 5.91 Å². The minimum Gasteiger partial charge on any atom is -0.426 e. The molecule has 0 bridgehead atoms. The number of hydrogen-bond acceptors (Lipinski definition) is 3. The van der Waals surface area contributed by atoms with E-state index in [4.69, 9.17) is 27.9 Å². The van der Waals surface area contributed by atoms with E-state index in [0.717, 1.165) is 10.8 Å². The van der Waals surface area contributed by atoms with Crippen LogP contribution in [-0.4, -0.2) is 18.4 Å². The lowest BCUT2D eigenvalue weighted by Gasteiger charge is -2.18. The van der Waals surface area contributed by atoms with Crippen LogP contribution in [0.3, 0.4) is 0 Å². The first-order valence-electron chi connectivity index (χ1n) is 8.47. The van der Waals surface area contributed by atoms with Gasteiger partial charge in [0, 0.05) is 18.0 Å². The van der Waals surface area contributed by atoms with E-state index in [9.17, 15) is 9.59 Å². The summed E-state index contributed by atoms with van der Waals surface area (Å²) in [6.45, 7) is 0.214. The Morgan fingerprint density at radius 2 is 1.78 bits per heavy atom. The van der Waals surface area contributed by atoms with Gasteiger partial charge < -0.3 is 9.64 Å². The van der Waals surface area contributed by atoms with E-state index in [-0.39, 0.29) is 18.9 Å². The molecule has 0 unspecified atom stereocenters. The summed E-state index contributed by atoms with van der Waals surface area (Å²) in [5.74, 6) is -0.705. The molecule has 0 aliphatic carbocycles. The summed E-state index contributed by atoms with van der Waals surface area (Å²) in [5.41, 5.74) is 0.509. The molecule has 4 rings (SSSR count). The Kier molecular flexibility index (Phi) is 4.77. The monoisotopic (exact) mass is 399 g/mol. The Hall–Kier alpha value is -2.56. The zero-order valence-electron chi connectivity index (χ0n) is 14.2. The number of anilines is 1. The second-order valence-electron chi connectivity index (χ2n) is 6.43. The van der Waals surface area contributed by atoms with E-state index in [1.807, 2.05) is 36.4 Å². The number of benzene rings is 3. The molecular weight excluding hydrogens is 385 g/mol. The lowest BCUT2D eigenvalue weighted by atomic mass is 10.1. The van der Waals surface area contributed by atoms with Gasteiger partial charge in [-0.15, -0.1) is 0 Å². The SMILES string of the molecule is O=C(Oc1ccc2ccccc2c1)[C@H]1CC(=O)N(c2cc(Cl)ccc2Cl)C1. The third-order valence-corrected chi connectivity index (χ3v) is 5.15. The Morgan fingerprint density at radius 1 is 1.00 bits per heavy atom. The third kappa shape index (κ3) is 3.64. The molecule has 0 radical (unpaired) electrons. The number of carbonyl (C=O) groups excluding carboxylic acids is 2. The molecule has 0 N–H and O–H groups in total. The fourth-order valence-corrected chi connectivity index (χ4v) is 3.61. The normalized spacial score (nSPS) is 16.7. The molecule has 1 aliphatic heterocycles. The fraction of sp³-hybridized carbons (Fsp3) is 0.143. The molecule has 1 aliphatic rings. The predicted molar refractivity (Wildman–Crippen MR) is 107 cm³/mol. The maximum absolute atomic E-state index is 12.6. The van der Waals surface area contributed by atoms with Crippen molar-refractivity contribution in [3.05, 3.63) is 70.7 Å². The number of rotatable bonds is 3. The van der Waals surface area contributed by atoms with Crippen LogP contribution in [0, 0.1) is 5.92 Å². The maximum atomic E-state index is 12.6. The number of nitrogens with zero attached hydrogens (tertiary/aromatic N) is 1. The Balaban J connectivity index is 1.51. The number of fused-ring (bicyclic) bond motifs is 1. The molecule has 1 atom stereocenters. The lowest BCUT2D eigenvalue weighted by molar-refractivity contribution is -0.139.